The molecule has 0 N–H and O–H groups in total. The quantitative estimate of drug-likeness (QED) is 0.105. The van der Waals surface area contributed by atoms with Crippen molar-refractivity contribution in [3.8, 4) is 11.1 Å². The molecule has 1 saturated carbocycles. The van der Waals surface area contributed by atoms with Crippen molar-refractivity contribution in [1.82, 2.24) is 0 Å². The molecular weight excluding hydrogens is 1800 g/mol. The lowest BCUT2D eigenvalue weighted by Crippen LogP contribution is -2.19. The molecule has 15 aliphatic carbocycles. The van der Waals surface area contributed by atoms with Gasteiger partial charge in [-0.05, 0) is 328 Å². The number of benzene rings is 12. The molecule has 0 saturated heterocycles. The Labute approximate surface area is 919 Å². The number of rotatable bonds is 0. The fourth-order valence-corrected chi connectivity index (χ4v) is 19.8. The van der Waals surface area contributed by atoms with Gasteiger partial charge < -0.3 is 0 Å². The molecule has 2 atom stereocenters. The second kappa shape index (κ2) is 83.3. The summed E-state index contributed by atoms with van der Waals surface area (Å²) >= 11 is 0. The zero-order valence-electron chi connectivity index (χ0n) is 98.2. The SMILES string of the molecule is C1=CC2=C(C1)CC=C2.C1=CC2=C(C=CC2)C1.C1=CC2CCCC2C=C1.C1=CCc2ccccc2C1.C1=Cc2ccccc2C1.C1=Cc2ccccc2CC1.C1=c2ccccc2=CC1.CC.CC.CC.CC.CC.CC.CC.CC.CC.CC.CC.CC.c1ccc2c(c1)CCCC2.c1ccc2c(c1)CCCCC2.c1ccc2c(c1)CCc1ccccc1C2.c1ccc2c(c1)Cc1ccccc1-2.c1ccc2c(c1)Cc1ccccc1C2. The molecule has 27 rings (SSSR count). The van der Waals surface area contributed by atoms with E-state index in [2.05, 4.69) is 413 Å². The minimum absolute atomic E-state index is 0.898. The van der Waals surface area contributed by atoms with Crippen LogP contribution < -0.4 is 10.4 Å². The zero-order chi connectivity index (χ0) is 109. The van der Waals surface area contributed by atoms with Crippen LogP contribution in [0.3, 0.4) is 0 Å². The van der Waals surface area contributed by atoms with Crippen LogP contribution >= 0.6 is 0 Å². The summed E-state index contributed by atoms with van der Waals surface area (Å²) in [5.41, 5.74) is 38.9. The fourth-order valence-electron chi connectivity index (χ4n) is 19.8. The van der Waals surface area contributed by atoms with Crippen molar-refractivity contribution in [2.24, 2.45) is 11.8 Å². The standard InChI is InChI=1S/C15H14.C14H12.C13H10.C11H14.C10H12.2C10H10.C9H12.2C9H8.2C8H8.12C2H6/c1-3-7-14-11-15-8-4-2-6-13(15)10-9-12(14)5-1;1-2-6-12-10-14-8-4-3-7-13(14)9-11(12)5-1;1-3-7-12-10(5-1)9-11-6-2-4-8-13(11)12;1-2-6-10-8-4-5-9-11(10)7-3-1;3*1-2-6-10-8-4-3-7-9(10)5-1;3*1-2-5-9-7-3-6-8(9)4-1;2*1-3-7-5-2-6-8(7)4-1;12*1-2/h1-8H,9-11H2;1-8H,9-10H2;1-8H,9H2;4-5,8-9H,1-3,6-7H2;1-2,5-6H,3-4,7-8H2;1-3,5-7H,4,8H2;1-6H,7-8H2;1-2,4-5,8-9H,3,6-7H2;1-2,4-7H,3H2;1-6H,7H2;1-3,6H,4-5H2;1-3,5H,4,6H2;12*1-2H3. The van der Waals surface area contributed by atoms with E-state index in [1.54, 1.807) is 27.8 Å². The molecular formula is C150H198. The molecule has 150 heavy (non-hydrogen) atoms. The van der Waals surface area contributed by atoms with Crippen LogP contribution in [0.1, 0.15) is 367 Å². The van der Waals surface area contributed by atoms with Gasteiger partial charge in [0.25, 0.3) is 0 Å². The Morgan fingerprint density at radius 3 is 0.813 bits per heavy atom. The average Bonchev–Trinajstić information content (AvgIpc) is 1.64. The largest absolute Gasteiger partial charge is 0.0838 e. The predicted octanol–water partition coefficient (Wildman–Crippen LogP) is 42.5. The van der Waals surface area contributed by atoms with Crippen LogP contribution in [0.25, 0.3) is 35.4 Å². The minimum Gasteiger partial charge on any atom is -0.0838 e. The summed E-state index contributed by atoms with van der Waals surface area (Å²) in [6.45, 7) is 48.0. The minimum atomic E-state index is 0.898. The van der Waals surface area contributed by atoms with Gasteiger partial charge in [0.2, 0.25) is 0 Å². The summed E-state index contributed by atoms with van der Waals surface area (Å²) in [5, 5.41) is 2.77. The smallest absolute Gasteiger partial charge is 0.00135 e. The summed E-state index contributed by atoms with van der Waals surface area (Å²) in [7, 11) is 0. The molecule has 1 fully saturated rings. The highest BCUT2D eigenvalue weighted by atomic mass is 14.3. The van der Waals surface area contributed by atoms with Crippen LogP contribution in [-0.4, -0.2) is 0 Å². The Morgan fingerprint density at radius 2 is 0.453 bits per heavy atom. The van der Waals surface area contributed by atoms with Crippen LogP contribution in [0, 0.1) is 11.8 Å². The van der Waals surface area contributed by atoms with Gasteiger partial charge in [-0.15, -0.1) is 0 Å². The van der Waals surface area contributed by atoms with E-state index in [9.17, 15) is 0 Å². The summed E-state index contributed by atoms with van der Waals surface area (Å²) in [5.74, 6) is 1.80. The fraction of sp³-hybridized carbons (Fsp3) is 0.360. The van der Waals surface area contributed by atoms with E-state index in [4.69, 9.17) is 0 Å². The van der Waals surface area contributed by atoms with Gasteiger partial charge in [-0.3, -0.25) is 0 Å². The molecule has 0 aliphatic heterocycles. The van der Waals surface area contributed by atoms with E-state index in [0.29, 0.717) is 0 Å². The summed E-state index contributed by atoms with van der Waals surface area (Å²) in [4.78, 5) is 0. The molecule has 0 nitrogen and oxygen atoms in total. The molecule has 2 unspecified atom stereocenters. The van der Waals surface area contributed by atoms with Gasteiger partial charge in [-0.2, -0.15) is 0 Å². The van der Waals surface area contributed by atoms with Gasteiger partial charge in [0, 0.05) is 0 Å². The van der Waals surface area contributed by atoms with Crippen molar-refractivity contribution in [2.45, 2.75) is 346 Å². The third-order valence-corrected chi connectivity index (χ3v) is 26.9. The van der Waals surface area contributed by atoms with Gasteiger partial charge >= 0.3 is 0 Å². The Balaban J connectivity index is 0.000000335. The number of hydrogen-bond donors (Lipinski definition) is 0. The molecule has 0 heteroatoms. The first-order valence-electron chi connectivity index (χ1n) is 59.5. The van der Waals surface area contributed by atoms with E-state index in [0.717, 1.165) is 63.2 Å². The normalized spacial score (nSPS) is 14.9. The molecule has 798 valence electrons. The van der Waals surface area contributed by atoms with E-state index in [1.165, 1.54) is 256 Å². The number of fused-ring (bicyclic) bond motifs is 14. The highest BCUT2D eigenvalue weighted by Gasteiger charge is 2.24. The van der Waals surface area contributed by atoms with E-state index in [-0.39, 0.29) is 0 Å². The predicted molar refractivity (Wildman–Crippen MR) is 677 cm³/mol. The maximum absolute atomic E-state index is 2.36. The van der Waals surface area contributed by atoms with Crippen LogP contribution in [0.15, 0.2) is 411 Å². The summed E-state index contributed by atoms with van der Waals surface area (Å²) in [6.07, 6.45) is 79.5. The number of hydrogen-bond acceptors (Lipinski definition) is 0. The molecule has 0 heterocycles. The van der Waals surface area contributed by atoms with Gasteiger partial charge in [0.05, 0.1) is 0 Å². The third kappa shape index (κ3) is 44.6. The first-order valence-corrected chi connectivity index (χ1v) is 59.5. The first kappa shape index (κ1) is 130. The lowest BCUT2D eigenvalue weighted by Gasteiger charge is -2.18. The van der Waals surface area contributed by atoms with Gasteiger partial charge in [-0.1, -0.05) is 597 Å². The second-order valence-corrected chi connectivity index (χ2v) is 35.3. The van der Waals surface area contributed by atoms with E-state index < -0.39 is 0 Å². The maximum Gasteiger partial charge on any atom is -0.00135 e. The van der Waals surface area contributed by atoms with Crippen LogP contribution in [0.2, 0.25) is 0 Å². The topological polar surface area (TPSA) is 0 Å². The summed E-state index contributed by atoms with van der Waals surface area (Å²) in [6, 6.07) is 104. The van der Waals surface area contributed by atoms with Crippen LogP contribution in [0.5, 0.6) is 0 Å². The first-order chi connectivity index (χ1) is 74.5. The second-order valence-electron chi connectivity index (χ2n) is 35.3. The van der Waals surface area contributed by atoms with Crippen LogP contribution in [0.4, 0.5) is 0 Å². The lowest BCUT2D eigenvalue weighted by molar-refractivity contribution is 0.552. The van der Waals surface area contributed by atoms with Crippen molar-refractivity contribution in [1.29, 1.82) is 0 Å². The van der Waals surface area contributed by atoms with Crippen molar-refractivity contribution in [3.05, 3.63) is 532 Å². The maximum atomic E-state index is 2.36. The lowest BCUT2D eigenvalue weighted by atomic mass is 9.86. The number of allylic oxidation sites excluding steroid dienone is 20. The summed E-state index contributed by atoms with van der Waals surface area (Å²) < 4.78 is 0. The van der Waals surface area contributed by atoms with E-state index in [1.807, 2.05) is 166 Å². The Hall–Kier alpha value is -12.5. The molecule has 12 aromatic rings. The Kier molecular flexibility index (Phi) is 72.1. The monoisotopic (exact) mass is 2000 g/mol. The molecule has 0 aromatic heterocycles. The molecule has 12 aromatic carbocycles. The van der Waals surface area contributed by atoms with Crippen molar-refractivity contribution < 1.29 is 0 Å². The molecule has 0 radical (unpaired) electrons. The molecule has 15 aliphatic rings. The van der Waals surface area contributed by atoms with Crippen LogP contribution in [-0.2, 0) is 89.9 Å². The highest BCUT2D eigenvalue weighted by Crippen LogP contribution is 2.38. The van der Waals surface area contributed by atoms with Gasteiger partial charge in [0.15, 0.2) is 0 Å². The zero-order valence-corrected chi connectivity index (χ0v) is 98.2. The van der Waals surface area contributed by atoms with E-state index >= 15 is 0 Å². The van der Waals surface area contributed by atoms with Gasteiger partial charge in [-0.25, -0.2) is 0 Å². The molecule has 0 spiro atoms. The van der Waals surface area contributed by atoms with Gasteiger partial charge in [0.1, 0.15) is 0 Å². The number of aryl methyl sites for hydroxylation is 7. The average molecular weight is 2000 g/mol. The van der Waals surface area contributed by atoms with Crippen molar-refractivity contribution >= 4 is 24.3 Å². The Bertz CT molecular complexity index is 5780. The molecule has 0 amide bonds. The van der Waals surface area contributed by atoms with Crippen molar-refractivity contribution in [3.63, 3.8) is 0 Å². The van der Waals surface area contributed by atoms with Crippen molar-refractivity contribution in [2.75, 3.05) is 0 Å². The highest BCUT2D eigenvalue weighted by molar-refractivity contribution is 5.76. The molecule has 0 bridgehead atoms. The third-order valence-electron chi connectivity index (χ3n) is 26.9. The Morgan fingerprint density at radius 1 is 0.187 bits per heavy atom.